The Hall–Kier alpha value is -1.36. The molecule has 0 aromatic carbocycles. The standard InChI is InChI=1S/C14H23N3O2/c1-3-19-14(18)11-4-6-12(7-5-11)16-9-13-8-15-10-17(13)2/h8,10-12,16H,3-7,9H2,1-2H3. The third-order valence-electron chi connectivity index (χ3n) is 3.84. The third kappa shape index (κ3) is 3.80. The molecule has 0 radical (unpaired) electrons. The van der Waals surface area contributed by atoms with Crippen molar-refractivity contribution in [2.75, 3.05) is 6.61 Å². The van der Waals surface area contributed by atoms with Gasteiger partial charge in [-0.1, -0.05) is 0 Å². The first-order valence-corrected chi connectivity index (χ1v) is 7.06. The molecule has 0 aliphatic heterocycles. The van der Waals surface area contributed by atoms with Crippen LogP contribution >= 0.6 is 0 Å². The number of aromatic nitrogens is 2. The van der Waals surface area contributed by atoms with Crippen LogP contribution in [0.15, 0.2) is 12.5 Å². The van der Waals surface area contributed by atoms with Crippen molar-refractivity contribution in [3.05, 3.63) is 18.2 Å². The first-order valence-electron chi connectivity index (χ1n) is 7.06. The van der Waals surface area contributed by atoms with E-state index in [2.05, 4.69) is 10.3 Å². The monoisotopic (exact) mass is 265 g/mol. The van der Waals surface area contributed by atoms with E-state index in [9.17, 15) is 4.79 Å². The van der Waals surface area contributed by atoms with Crippen LogP contribution in [0, 0.1) is 5.92 Å². The van der Waals surface area contributed by atoms with Crippen molar-refractivity contribution in [3.8, 4) is 0 Å². The number of esters is 1. The van der Waals surface area contributed by atoms with Crippen LogP contribution in [0.3, 0.4) is 0 Å². The minimum Gasteiger partial charge on any atom is -0.466 e. The van der Waals surface area contributed by atoms with Crippen LogP contribution < -0.4 is 5.32 Å². The molecule has 0 atom stereocenters. The van der Waals surface area contributed by atoms with Crippen molar-refractivity contribution in [1.82, 2.24) is 14.9 Å². The Balaban J connectivity index is 1.72. The Morgan fingerprint density at radius 1 is 1.47 bits per heavy atom. The number of ether oxygens (including phenoxy) is 1. The molecule has 0 bridgehead atoms. The number of rotatable bonds is 5. The van der Waals surface area contributed by atoms with Gasteiger partial charge in [0.05, 0.1) is 24.5 Å². The second kappa shape index (κ2) is 6.70. The van der Waals surface area contributed by atoms with Gasteiger partial charge in [-0.3, -0.25) is 4.79 Å². The molecule has 1 saturated carbocycles. The Labute approximate surface area is 114 Å². The van der Waals surface area contributed by atoms with E-state index in [4.69, 9.17) is 4.74 Å². The van der Waals surface area contributed by atoms with Crippen LogP contribution in [-0.4, -0.2) is 28.2 Å². The van der Waals surface area contributed by atoms with E-state index >= 15 is 0 Å². The third-order valence-corrected chi connectivity index (χ3v) is 3.84. The molecule has 1 aliphatic carbocycles. The van der Waals surface area contributed by atoms with Gasteiger partial charge < -0.3 is 14.6 Å². The minimum atomic E-state index is -0.0208. The van der Waals surface area contributed by atoms with Crippen molar-refractivity contribution in [2.45, 2.75) is 45.2 Å². The summed E-state index contributed by atoms with van der Waals surface area (Å²) in [5.41, 5.74) is 1.19. The Morgan fingerprint density at radius 2 is 2.21 bits per heavy atom. The summed E-state index contributed by atoms with van der Waals surface area (Å²) in [5, 5.41) is 3.54. The highest BCUT2D eigenvalue weighted by molar-refractivity contribution is 5.72. The quantitative estimate of drug-likeness (QED) is 0.822. The number of hydrogen-bond donors (Lipinski definition) is 1. The second-order valence-electron chi connectivity index (χ2n) is 5.18. The van der Waals surface area contributed by atoms with E-state index in [0.29, 0.717) is 12.6 Å². The van der Waals surface area contributed by atoms with Crippen LogP contribution in [0.4, 0.5) is 0 Å². The van der Waals surface area contributed by atoms with Gasteiger partial charge in [0.15, 0.2) is 0 Å². The van der Waals surface area contributed by atoms with Gasteiger partial charge in [0.25, 0.3) is 0 Å². The minimum absolute atomic E-state index is 0.0208. The summed E-state index contributed by atoms with van der Waals surface area (Å²) in [6, 6.07) is 0.501. The molecule has 5 nitrogen and oxygen atoms in total. The highest BCUT2D eigenvalue weighted by Gasteiger charge is 2.26. The van der Waals surface area contributed by atoms with Crippen molar-refractivity contribution in [1.29, 1.82) is 0 Å². The molecule has 0 spiro atoms. The molecule has 1 aromatic heterocycles. The van der Waals surface area contributed by atoms with Gasteiger partial charge in [-0.05, 0) is 32.6 Å². The lowest BCUT2D eigenvalue weighted by molar-refractivity contribution is -0.149. The molecule has 19 heavy (non-hydrogen) atoms. The van der Waals surface area contributed by atoms with Gasteiger partial charge in [-0.25, -0.2) is 4.98 Å². The number of nitrogens with one attached hydrogen (secondary N) is 1. The molecule has 0 saturated heterocycles. The summed E-state index contributed by atoms with van der Waals surface area (Å²) in [4.78, 5) is 15.7. The molecule has 0 unspecified atom stereocenters. The van der Waals surface area contributed by atoms with E-state index in [-0.39, 0.29) is 11.9 Å². The lowest BCUT2D eigenvalue weighted by atomic mass is 9.86. The van der Waals surface area contributed by atoms with Gasteiger partial charge in [0.2, 0.25) is 0 Å². The van der Waals surface area contributed by atoms with Crippen molar-refractivity contribution < 1.29 is 9.53 Å². The normalized spacial score (nSPS) is 23.3. The number of imidazole rings is 1. The molecular formula is C14H23N3O2. The average molecular weight is 265 g/mol. The number of nitrogens with zero attached hydrogens (tertiary/aromatic N) is 2. The predicted molar refractivity (Wildman–Crippen MR) is 72.4 cm³/mol. The maximum absolute atomic E-state index is 11.6. The number of carbonyl (C=O) groups excluding carboxylic acids is 1. The molecule has 1 heterocycles. The fourth-order valence-corrected chi connectivity index (χ4v) is 2.60. The second-order valence-corrected chi connectivity index (χ2v) is 5.18. The maximum atomic E-state index is 11.6. The molecule has 1 fully saturated rings. The molecule has 1 N–H and O–H groups in total. The van der Waals surface area contributed by atoms with Gasteiger partial charge >= 0.3 is 5.97 Å². The average Bonchev–Trinajstić information content (AvgIpc) is 2.83. The van der Waals surface area contributed by atoms with Crippen molar-refractivity contribution in [3.63, 3.8) is 0 Å². The number of aryl methyl sites for hydroxylation is 1. The van der Waals surface area contributed by atoms with E-state index in [0.717, 1.165) is 32.2 Å². The van der Waals surface area contributed by atoms with Crippen LogP contribution in [0.5, 0.6) is 0 Å². The molecule has 106 valence electrons. The lowest BCUT2D eigenvalue weighted by Gasteiger charge is -2.27. The van der Waals surface area contributed by atoms with Gasteiger partial charge in [-0.15, -0.1) is 0 Å². The Morgan fingerprint density at radius 3 is 2.79 bits per heavy atom. The van der Waals surface area contributed by atoms with Gasteiger partial charge in [-0.2, -0.15) is 0 Å². The van der Waals surface area contributed by atoms with E-state index in [1.54, 1.807) is 0 Å². The topological polar surface area (TPSA) is 56.1 Å². The van der Waals surface area contributed by atoms with E-state index in [1.807, 2.05) is 31.1 Å². The highest BCUT2D eigenvalue weighted by atomic mass is 16.5. The number of carbonyl (C=O) groups is 1. The summed E-state index contributed by atoms with van der Waals surface area (Å²) >= 11 is 0. The molecule has 1 aliphatic rings. The van der Waals surface area contributed by atoms with Gasteiger partial charge in [0.1, 0.15) is 0 Å². The molecule has 0 amide bonds. The van der Waals surface area contributed by atoms with Crippen LogP contribution in [-0.2, 0) is 23.1 Å². The summed E-state index contributed by atoms with van der Waals surface area (Å²) < 4.78 is 7.11. The van der Waals surface area contributed by atoms with Crippen molar-refractivity contribution >= 4 is 5.97 Å². The van der Waals surface area contributed by atoms with E-state index in [1.165, 1.54) is 5.69 Å². The van der Waals surface area contributed by atoms with Crippen molar-refractivity contribution in [2.24, 2.45) is 13.0 Å². The summed E-state index contributed by atoms with van der Waals surface area (Å²) in [6.07, 6.45) is 7.65. The zero-order valence-electron chi connectivity index (χ0n) is 11.8. The summed E-state index contributed by atoms with van der Waals surface area (Å²) in [7, 11) is 2.00. The first-order chi connectivity index (χ1) is 9.20. The molecular weight excluding hydrogens is 242 g/mol. The maximum Gasteiger partial charge on any atom is 0.308 e. The number of hydrogen-bond acceptors (Lipinski definition) is 4. The Bertz CT molecular complexity index is 409. The molecule has 1 aromatic rings. The summed E-state index contributed by atoms with van der Waals surface area (Å²) in [6.45, 7) is 3.18. The lowest BCUT2D eigenvalue weighted by Crippen LogP contribution is -2.35. The fraction of sp³-hybridized carbons (Fsp3) is 0.714. The predicted octanol–water partition coefficient (Wildman–Crippen LogP) is 1.63. The SMILES string of the molecule is CCOC(=O)C1CCC(NCc2cncn2C)CC1. The van der Waals surface area contributed by atoms with Gasteiger partial charge in [0, 0.05) is 25.8 Å². The van der Waals surface area contributed by atoms with Crippen LogP contribution in [0.2, 0.25) is 0 Å². The highest BCUT2D eigenvalue weighted by Crippen LogP contribution is 2.25. The Kier molecular flexibility index (Phi) is 4.96. The zero-order valence-corrected chi connectivity index (χ0v) is 11.8. The molecule has 2 rings (SSSR count). The van der Waals surface area contributed by atoms with E-state index < -0.39 is 0 Å². The molecule has 5 heteroatoms. The summed E-state index contributed by atoms with van der Waals surface area (Å²) in [5.74, 6) is 0.0855. The fourth-order valence-electron chi connectivity index (χ4n) is 2.60. The van der Waals surface area contributed by atoms with Crippen LogP contribution in [0.25, 0.3) is 0 Å². The zero-order chi connectivity index (χ0) is 13.7. The largest absolute Gasteiger partial charge is 0.466 e. The smallest absolute Gasteiger partial charge is 0.308 e. The van der Waals surface area contributed by atoms with Crippen LogP contribution in [0.1, 0.15) is 38.3 Å². The first kappa shape index (κ1) is 14.1.